The van der Waals surface area contributed by atoms with E-state index in [0.29, 0.717) is 11.8 Å². The van der Waals surface area contributed by atoms with Crippen molar-refractivity contribution in [1.82, 2.24) is 4.57 Å². The molecule has 16 aromatic rings. The molecule has 1 spiro atoms. The summed E-state index contributed by atoms with van der Waals surface area (Å²) in [5.41, 5.74) is 23.4. The Kier molecular flexibility index (Phi) is 13.4. The largest absolute Gasteiger partial charge is 0.454 e. The van der Waals surface area contributed by atoms with Crippen LogP contribution in [0.1, 0.15) is 109 Å². The van der Waals surface area contributed by atoms with E-state index in [4.69, 9.17) is 8.83 Å². The molecule has 0 saturated heterocycles. The monoisotopic (exact) mass is 1330 g/mol. The topological polar surface area (TPSA) is 37.7 Å². The number of rotatable bonds is 10. The van der Waals surface area contributed by atoms with Crippen LogP contribution < -0.4 is 20.2 Å². The summed E-state index contributed by atoms with van der Waals surface area (Å²) >= 11 is 0. The first-order valence-corrected chi connectivity index (χ1v) is 43.9. The van der Waals surface area contributed by atoms with Gasteiger partial charge < -0.3 is 23.2 Å². The molecule has 0 N–H and O–H groups in total. The summed E-state index contributed by atoms with van der Waals surface area (Å²) < 4.78 is 17.8. The van der Waals surface area contributed by atoms with Gasteiger partial charge in [-0.3, -0.25) is 0 Å². The van der Waals surface area contributed by atoms with Crippen LogP contribution in [-0.2, 0) is 5.41 Å². The summed E-state index contributed by atoms with van der Waals surface area (Å²) in [6, 6.07) is 96.6. The van der Waals surface area contributed by atoms with Crippen molar-refractivity contribution in [3.63, 3.8) is 0 Å². The van der Waals surface area contributed by atoms with Gasteiger partial charge in [0, 0.05) is 54.5 Å². The molecule has 100 heavy (non-hydrogen) atoms. The molecule has 2 saturated carbocycles. The Hall–Kier alpha value is -10.2. The van der Waals surface area contributed by atoms with E-state index in [1.807, 2.05) is 0 Å². The molecule has 13 aromatic carbocycles. The second-order valence-electron chi connectivity index (χ2n) is 31.4. The number of nitrogens with zero attached hydrogens (tertiary/aromatic N) is 3. The third kappa shape index (κ3) is 8.70. The van der Waals surface area contributed by atoms with Gasteiger partial charge in [0.25, 0.3) is 0 Å². The van der Waals surface area contributed by atoms with Crippen LogP contribution in [0.15, 0.2) is 258 Å². The Morgan fingerprint density at radius 1 is 0.330 bits per heavy atom. The Balaban J connectivity index is 0.925. The number of fused-ring (bicyclic) bond motifs is 22. The van der Waals surface area contributed by atoms with Crippen molar-refractivity contribution < 1.29 is 8.83 Å². The average molecular weight is 1330 g/mol. The van der Waals surface area contributed by atoms with Crippen molar-refractivity contribution in [2.75, 3.05) is 9.80 Å². The van der Waals surface area contributed by atoms with Crippen LogP contribution in [0, 0.1) is 0 Å². The van der Waals surface area contributed by atoms with Crippen molar-refractivity contribution in [3.05, 3.63) is 282 Å². The predicted octanol–water partition coefficient (Wildman–Crippen LogP) is 25.7. The highest BCUT2D eigenvalue weighted by atomic mass is 28.3. The minimum absolute atomic E-state index is 0.476. The molecule has 0 amide bonds. The fraction of sp³-hybridized carbons (Fsp3) is 0.204. The highest BCUT2D eigenvalue weighted by Crippen LogP contribution is 2.66. The van der Waals surface area contributed by atoms with E-state index in [9.17, 15) is 0 Å². The lowest BCUT2D eigenvalue weighted by atomic mass is 9.65. The molecule has 3 aliphatic carbocycles. The van der Waals surface area contributed by atoms with Gasteiger partial charge in [0.2, 0.25) is 0 Å². The Morgan fingerprint density at radius 2 is 0.720 bits per heavy atom. The lowest BCUT2D eigenvalue weighted by Crippen LogP contribution is -2.37. The van der Waals surface area contributed by atoms with Crippen LogP contribution in [0.2, 0.25) is 39.3 Å². The Morgan fingerprint density at radius 3 is 1.21 bits per heavy atom. The summed E-state index contributed by atoms with van der Waals surface area (Å²) in [6.45, 7) is 14.7. The van der Waals surface area contributed by atoms with Gasteiger partial charge in [0.15, 0.2) is 11.2 Å². The van der Waals surface area contributed by atoms with E-state index >= 15 is 0 Å². The number of aromatic nitrogens is 1. The zero-order valence-corrected chi connectivity index (χ0v) is 60.1. The van der Waals surface area contributed by atoms with E-state index in [1.54, 1.807) is 0 Å². The first kappa shape index (κ1) is 59.8. The van der Waals surface area contributed by atoms with Crippen molar-refractivity contribution in [3.8, 4) is 16.8 Å². The van der Waals surface area contributed by atoms with E-state index in [0.717, 1.165) is 67.2 Å². The number of benzene rings is 13. The van der Waals surface area contributed by atoms with Crippen molar-refractivity contribution >= 4 is 148 Å². The van der Waals surface area contributed by atoms with Crippen LogP contribution >= 0.6 is 0 Å². The van der Waals surface area contributed by atoms with E-state index in [-0.39, 0.29) is 0 Å². The molecule has 5 nitrogen and oxygen atoms in total. The summed E-state index contributed by atoms with van der Waals surface area (Å²) in [5.74, 6) is 0.952. The van der Waals surface area contributed by atoms with Crippen molar-refractivity contribution in [2.24, 2.45) is 0 Å². The van der Waals surface area contributed by atoms with Gasteiger partial charge in [0.1, 0.15) is 11.2 Å². The van der Waals surface area contributed by atoms with Crippen LogP contribution in [0.5, 0.6) is 0 Å². The molecular formula is C93H81N3O2Si2. The third-order valence-electron chi connectivity index (χ3n) is 23.9. The molecular weight excluding hydrogens is 1250 g/mol. The van der Waals surface area contributed by atoms with Crippen molar-refractivity contribution in [2.45, 2.75) is 121 Å². The molecule has 0 atom stereocenters. The number of hydrogen-bond donors (Lipinski definition) is 0. The van der Waals surface area contributed by atoms with Gasteiger partial charge >= 0.3 is 0 Å². The molecule has 0 radical (unpaired) electrons. The maximum Gasteiger partial charge on any atom is 0.159 e. The Bertz CT molecular complexity index is 5760. The van der Waals surface area contributed by atoms with E-state index in [1.165, 1.54) is 179 Å². The molecule has 488 valence electrons. The van der Waals surface area contributed by atoms with Crippen LogP contribution in [0.3, 0.4) is 0 Å². The predicted molar refractivity (Wildman–Crippen MR) is 428 cm³/mol. The zero-order chi connectivity index (χ0) is 66.9. The minimum atomic E-state index is -1.72. The maximum atomic E-state index is 7.60. The fourth-order valence-electron chi connectivity index (χ4n) is 19.2. The SMILES string of the molecule is C[Si](C)(C)c1ccc(N(c2cc3c(c4ccccc24)-c2c(cc(N(c4ccc([Si](C)(C)C)cc4)c4cccc5c4oc4c(C6CCCCC6)cccc45)c4ccccc24)C32c3ccccc3-n3c4ccccc4c4cccc2c43)c2cccc3c2oc2c(C4CCCCC4)cccc23)cc1. The van der Waals surface area contributed by atoms with Crippen LogP contribution in [0.4, 0.5) is 34.1 Å². The summed E-state index contributed by atoms with van der Waals surface area (Å²) in [4.78, 5) is 5.15. The standard InChI is InChI=1S/C93H81N3O2Si2/c1-99(2,3)62-52-48-60(49-53-62)94(82-46-24-40-74-72-38-21-35-64(89(72)97-91(74)82)58-26-9-7-10-27-58)84-56-78-86(69-33-15-13-30-66(69)84)87-70-34-16-14-31-67(70)85(57-79(87)93(78)76-42-18-20-45-81(76)96-80-44-19-17-32-68(80)71-37-23-43-77(93)88(71)96)95(61-50-54-63(55-51-61)100(4,5)6)83-47-25-41-75-73-39-22-36-65(90(73)98-92(75)83)59-28-11-8-12-29-59/h13-25,30-59H,7-12,26-29H2,1-6H3. The first-order chi connectivity index (χ1) is 48.9. The van der Waals surface area contributed by atoms with Crippen molar-refractivity contribution in [1.29, 1.82) is 0 Å². The second kappa shape index (κ2) is 22.4. The number of para-hydroxylation sites is 7. The molecule has 0 unspecified atom stereocenters. The quantitative estimate of drug-likeness (QED) is 0.128. The van der Waals surface area contributed by atoms with Gasteiger partial charge in [-0.15, -0.1) is 0 Å². The Labute approximate surface area is 586 Å². The van der Waals surface area contributed by atoms with Crippen LogP contribution in [0.25, 0.3) is 104 Å². The molecule has 2 fully saturated rings. The first-order valence-electron chi connectivity index (χ1n) is 36.9. The molecule has 4 aliphatic rings. The molecule has 7 heteroatoms. The third-order valence-corrected chi connectivity index (χ3v) is 28.0. The molecule has 3 aromatic heterocycles. The van der Waals surface area contributed by atoms with Gasteiger partial charge in [-0.25, -0.2) is 0 Å². The smallest absolute Gasteiger partial charge is 0.159 e. The lowest BCUT2D eigenvalue weighted by Gasteiger charge is -2.40. The van der Waals surface area contributed by atoms with Gasteiger partial charge in [0.05, 0.1) is 61.0 Å². The molecule has 0 bridgehead atoms. The van der Waals surface area contributed by atoms with E-state index < -0.39 is 21.6 Å². The van der Waals surface area contributed by atoms with Gasteiger partial charge in [-0.05, 0) is 153 Å². The van der Waals surface area contributed by atoms with Crippen LogP contribution in [-0.4, -0.2) is 20.7 Å². The average Bonchev–Trinajstić information content (AvgIpc) is 1.47. The number of anilines is 6. The maximum absolute atomic E-state index is 7.60. The van der Waals surface area contributed by atoms with Gasteiger partial charge in [-0.2, -0.15) is 0 Å². The van der Waals surface area contributed by atoms with Gasteiger partial charge in [-0.1, -0.05) is 276 Å². The lowest BCUT2D eigenvalue weighted by molar-refractivity contribution is 0.442. The second-order valence-corrected chi connectivity index (χ2v) is 41.6. The number of furan rings is 2. The number of hydrogen-bond acceptors (Lipinski definition) is 4. The summed E-state index contributed by atoms with van der Waals surface area (Å²) in [7, 11) is -3.45. The normalized spacial score (nSPS) is 15.5. The zero-order valence-electron chi connectivity index (χ0n) is 58.1. The summed E-state index contributed by atoms with van der Waals surface area (Å²) in [5, 5.41) is 14.8. The summed E-state index contributed by atoms with van der Waals surface area (Å²) in [6.07, 6.45) is 12.4. The van der Waals surface area contributed by atoms with E-state index in [2.05, 4.69) is 302 Å². The highest BCUT2D eigenvalue weighted by Gasteiger charge is 2.53. The molecule has 4 heterocycles. The molecule has 1 aliphatic heterocycles. The minimum Gasteiger partial charge on any atom is -0.454 e. The fourth-order valence-corrected chi connectivity index (χ4v) is 21.5. The highest BCUT2D eigenvalue weighted by molar-refractivity contribution is 6.89. The molecule has 20 rings (SSSR count).